The third-order valence-electron chi connectivity index (χ3n) is 4.25. The van der Waals surface area contributed by atoms with Crippen molar-refractivity contribution in [3.05, 3.63) is 65.7 Å². The van der Waals surface area contributed by atoms with Gasteiger partial charge in [-0.1, -0.05) is 12.2 Å². The second kappa shape index (κ2) is 5.72. The van der Waals surface area contributed by atoms with Gasteiger partial charge < -0.3 is 5.32 Å². The minimum atomic E-state index is 0.152. The van der Waals surface area contributed by atoms with Crippen molar-refractivity contribution in [2.24, 2.45) is 15.9 Å². The van der Waals surface area contributed by atoms with E-state index in [-0.39, 0.29) is 6.17 Å². The lowest BCUT2D eigenvalue weighted by Gasteiger charge is -2.19. The standard InChI is InChI=1S/C18H18N4/c1-5-14(11-19-7-1)17-13(4-2-8-20-17)10-15-12-22-18-16(15)6-3-9-21-18/h1,3,5-7,9-12,16,18,22H,2,4,8H2/b13-10+. The van der Waals surface area contributed by atoms with E-state index in [1.54, 1.807) is 6.20 Å². The molecule has 1 N–H and O–H groups in total. The van der Waals surface area contributed by atoms with Crippen LogP contribution in [0.5, 0.6) is 0 Å². The first-order valence-corrected chi connectivity index (χ1v) is 7.74. The number of rotatable bonds is 2. The molecule has 3 aliphatic rings. The zero-order valence-electron chi connectivity index (χ0n) is 12.3. The predicted molar refractivity (Wildman–Crippen MR) is 89.1 cm³/mol. The molecule has 2 unspecified atom stereocenters. The summed E-state index contributed by atoms with van der Waals surface area (Å²) in [6, 6.07) is 4.05. The molecule has 110 valence electrons. The van der Waals surface area contributed by atoms with Crippen LogP contribution in [0.4, 0.5) is 0 Å². The molecule has 0 saturated heterocycles. The third kappa shape index (κ3) is 2.41. The van der Waals surface area contributed by atoms with Crippen LogP contribution in [0.15, 0.2) is 70.1 Å². The molecule has 0 fully saturated rings. The monoisotopic (exact) mass is 290 g/mol. The molecule has 0 saturated carbocycles. The van der Waals surface area contributed by atoms with Gasteiger partial charge >= 0.3 is 0 Å². The number of aromatic nitrogens is 1. The van der Waals surface area contributed by atoms with Gasteiger partial charge in [-0.2, -0.15) is 0 Å². The number of hydrogen-bond acceptors (Lipinski definition) is 4. The topological polar surface area (TPSA) is 49.6 Å². The maximum atomic E-state index is 4.74. The van der Waals surface area contributed by atoms with Gasteiger partial charge in [0.25, 0.3) is 0 Å². The molecule has 4 heteroatoms. The van der Waals surface area contributed by atoms with E-state index >= 15 is 0 Å². The van der Waals surface area contributed by atoms with Crippen molar-refractivity contribution in [3.8, 4) is 0 Å². The van der Waals surface area contributed by atoms with Crippen LogP contribution in [0.2, 0.25) is 0 Å². The van der Waals surface area contributed by atoms with E-state index in [9.17, 15) is 0 Å². The highest BCUT2D eigenvalue weighted by molar-refractivity contribution is 6.13. The van der Waals surface area contributed by atoms with Crippen molar-refractivity contribution in [2.75, 3.05) is 6.54 Å². The van der Waals surface area contributed by atoms with E-state index in [1.165, 1.54) is 11.1 Å². The fourth-order valence-electron chi connectivity index (χ4n) is 3.17. The van der Waals surface area contributed by atoms with Gasteiger partial charge in [0.1, 0.15) is 6.17 Å². The van der Waals surface area contributed by atoms with Crippen LogP contribution in [0, 0.1) is 5.92 Å². The molecule has 22 heavy (non-hydrogen) atoms. The average Bonchev–Trinajstić information content (AvgIpc) is 2.99. The zero-order valence-corrected chi connectivity index (χ0v) is 12.3. The minimum Gasteiger partial charge on any atom is -0.369 e. The summed E-state index contributed by atoms with van der Waals surface area (Å²) in [6.07, 6.45) is 16.5. The number of fused-ring (bicyclic) bond motifs is 1. The first-order chi connectivity index (χ1) is 10.9. The summed E-state index contributed by atoms with van der Waals surface area (Å²) in [7, 11) is 0. The Morgan fingerprint density at radius 2 is 2.32 bits per heavy atom. The van der Waals surface area contributed by atoms with Gasteiger partial charge in [0.05, 0.1) is 5.71 Å². The van der Waals surface area contributed by atoms with Gasteiger partial charge in [-0.25, -0.2) is 0 Å². The predicted octanol–water partition coefficient (Wildman–Crippen LogP) is 2.66. The van der Waals surface area contributed by atoms with E-state index in [2.05, 4.69) is 39.7 Å². The molecule has 0 amide bonds. The third-order valence-corrected chi connectivity index (χ3v) is 4.25. The molecule has 0 aliphatic carbocycles. The molecule has 4 rings (SSSR count). The van der Waals surface area contributed by atoms with Crippen LogP contribution < -0.4 is 5.32 Å². The molecule has 4 nitrogen and oxygen atoms in total. The van der Waals surface area contributed by atoms with E-state index < -0.39 is 0 Å². The highest BCUT2D eigenvalue weighted by atomic mass is 15.1. The summed E-state index contributed by atoms with van der Waals surface area (Å²) in [6.45, 7) is 0.898. The maximum absolute atomic E-state index is 4.74. The lowest BCUT2D eigenvalue weighted by molar-refractivity contribution is 0.563. The quantitative estimate of drug-likeness (QED) is 0.910. The first-order valence-electron chi connectivity index (χ1n) is 7.74. The second-order valence-electron chi connectivity index (χ2n) is 5.71. The van der Waals surface area contributed by atoms with Crippen LogP contribution in [-0.4, -0.2) is 29.6 Å². The average molecular weight is 290 g/mol. The van der Waals surface area contributed by atoms with Gasteiger partial charge in [0.2, 0.25) is 0 Å². The highest BCUT2D eigenvalue weighted by Crippen LogP contribution is 2.29. The Kier molecular flexibility index (Phi) is 3.43. The van der Waals surface area contributed by atoms with Crippen LogP contribution in [0.3, 0.4) is 0 Å². The molecule has 4 heterocycles. The minimum absolute atomic E-state index is 0.152. The Labute approximate surface area is 130 Å². The van der Waals surface area contributed by atoms with Crippen LogP contribution in [0.1, 0.15) is 18.4 Å². The van der Waals surface area contributed by atoms with Gasteiger partial charge in [-0.05, 0) is 42.2 Å². The van der Waals surface area contributed by atoms with Crippen molar-refractivity contribution in [3.63, 3.8) is 0 Å². The molecule has 0 radical (unpaired) electrons. The number of nitrogens with one attached hydrogen (secondary N) is 1. The van der Waals surface area contributed by atoms with Crippen molar-refractivity contribution in [2.45, 2.75) is 19.0 Å². The number of aliphatic imine (C=N–C) groups is 2. The normalized spacial score (nSPS) is 28.1. The highest BCUT2D eigenvalue weighted by Gasteiger charge is 2.27. The summed E-state index contributed by atoms with van der Waals surface area (Å²) in [5.74, 6) is 0.328. The van der Waals surface area contributed by atoms with E-state index in [4.69, 9.17) is 4.99 Å². The summed E-state index contributed by atoms with van der Waals surface area (Å²) < 4.78 is 0. The Morgan fingerprint density at radius 3 is 3.23 bits per heavy atom. The summed E-state index contributed by atoms with van der Waals surface area (Å²) in [4.78, 5) is 13.4. The molecule has 3 aliphatic heterocycles. The number of nitrogens with zero attached hydrogens (tertiary/aromatic N) is 3. The SMILES string of the molecule is C1=CC2C(/C=C3\CCCN=C3c3cccnc3)=CNC2N=C1. The van der Waals surface area contributed by atoms with Crippen LogP contribution in [0.25, 0.3) is 0 Å². The molecular formula is C18H18N4. The Bertz CT molecular complexity index is 710. The smallest absolute Gasteiger partial charge is 0.128 e. The first kappa shape index (κ1) is 13.2. The van der Waals surface area contributed by atoms with E-state index in [1.807, 2.05) is 24.6 Å². The van der Waals surface area contributed by atoms with Crippen molar-refractivity contribution >= 4 is 11.9 Å². The van der Waals surface area contributed by atoms with Crippen molar-refractivity contribution in [1.29, 1.82) is 0 Å². The lowest BCUT2D eigenvalue weighted by Crippen LogP contribution is -2.25. The fraction of sp³-hybridized carbons (Fsp3) is 0.278. The molecule has 2 atom stereocenters. The maximum Gasteiger partial charge on any atom is 0.128 e. The van der Waals surface area contributed by atoms with Gasteiger partial charge in [0.15, 0.2) is 0 Å². The van der Waals surface area contributed by atoms with Gasteiger partial charge in [0, 0.05) is 42.8 Å². The van der Waals surface area contributed by atoms with Gasteiger partial charge in [-0.15, -0.1) is 0 Å². The number of hydrogen-bond donors (Lipinski definition) is 1. The molecular weight excluding hydrogens is 272 g/mol. The second-order valence-corrected chi connectivity index (χ2v) is 5.71. The Morgan fingerprint density at radius 1 is 1.32 bits per heavy atom. The summed E-state index contributed by atoms with van der Waals surface area (Å²) in [5, 5.41) is 3.34. The van der Waals surface area contributed by atoms with E-state index in [0.29, 0.717) is 5.92 Å². The summed E-state index contributed by atoms with van der Waals surface area (Å²) in [5.41, 5.74) is 4.78. The fourth-order valence-corrected chi connectivity index (χ4v) is 3.17. The molecule has 1 aromatic rings. The van der Waals surface area contributed by atoms with Gasteiger partial charge in [-0.3, -0.25) is 15.0 Å². The molecule has 0 spiro atoms. The molecule has 0 aromatic carbocycles. The Balaban J connectivity index is 1.66. The zero-order chi connectivity index (χ0) is 14.8. The van der Waals surface area contributed by atoms with Crippen LogP contribution in [-0.2, 0) is 0 Å². The van der Waals surface area contributed by atoms with Crippen molar-refractivity contribution in [1.82, 2.24) is 10.3 Å². The number of dihydropyridines is 1. The number of pyridine rings is 1. The Hall–Kier alpha value is -2.49. The van der Waals surface area contributed by atoms with Crippen LogP contribution >= 0.6 is 0 Å². The molecule has 0 bridgehead atoms. The van der Waals surface area contributed by atoms with Crippen molar-refractivity contribution < 1.29 is 0 Å². The lowest BCUT2D eigenvalue weighted by atomic mass is 9.90. The van der Waals surface area contributed by atoms with E-state index in [0.717, 1.165) is 30.7 Å². The molecule has 1 aromatic heterocycles. The largest absolute Gasteiger partial charge is 0.369 e. The summed E-state index contributed by atoms with van der Waals surface area (Å²) >= 11 is 0. The number of allylic oxidation sites excluding steroid dienone is 3.